The monoisotopic (exact) mass is 274 g/mol. The van der Waals surface area contributed by atoms with Crippen molar-refractivity contribution in [2.75, 3.05) is 11.9 Å². The molecule has 1 aromatic heterocycles. The maximum absolute atomic E-state index is 12.8. The summed E-state index contributed by atoms with van der Waals surface area (Å²) in [7, 11) is 0. The summed E-state index contributed by atoms with van der Waals surface area (Å²) in [6, 6.07) is 15.4. The number of hydrogen-bond acceptors (Lipinski definition) is 3. The lowest BCUT2D eigenvalue weighted by atomic mass is 9.97. The van der Waals surface area contributed by atoms with Gasteiger partial charge in [-0.3, -0.25) is 9.78 Å². The Morgan fingerprint density at radius 2 is 2.05 bits per heavy atom. The summed E-state index contributed by atoms with van der Waals surface area (Å²) in [5.74, 6) is 0.0586. The highest BCUT2D eigenvalue weighted by Crippen LogP contribution is 2.26. The lowest BCUT2D eigenvalue weighted by Gasteiger charge is -2.07. The number of aromatic nitrogens is 1. The fourth-order valence-electron chi connectivity index (χ4n) is 2.90. The summed E-state index contributed by atoms with van der Waals surface area (Å²) in [5.41, 5.74) is 4.68. The van der Waals surface area contributed by atoms with Gasteiger partial charge in [0.15, 0.2) is 5.78 Å². The van der Waals surface area contributed by atoms with Gasteiger partial charge in [0, 0.05) is 34.9 Å². The van der Waals surface area contributed by atoms with Gasteiger partial charge in [0.1, 0.15) is 0 Å². The van der Waals surface area contributed by atoms with Crippen LogP contribution in [0.5, 0.6) is 0 Å². The van der Waals surface area contributed by atoms with Crippen LogP contribution in [0.3, 0.4) is 0 Å². The van der Waals surface area contributed by atoms with E-state index in [1.165, 1.54) is 5.56 Å². The van der Waals surface area contributed by atoms with E-state index >= 15 is 0 Å². The number of benzene rings is 2. The molecule has 0 fully saturated rings. The molecule has 3 aromatic rings. The molecule has 0 spiro atoms. The van der Waals surface area contributed by atoms with Crippen LogP contribution in [-0.4, -0.2) is 17.3 Å². The normalized spacial score (nSPS) is 13.0. The van der Waals surface area contributed by atoms with Crippen molar-refractivity contribution < 1.29 is 4.79 Å². The molecule has 102 valence electrons. The summed E-state index contributed by atoms with van der Waals surface area (Å²) in [6.45, 7) is 0.950. The van der Waals surface area contributed by atoms with Crippen LogP contribution in [0.25, 0.3) is 10.9 Å². The molecule has 0 radical (unpaired) electrons. The number of carbonyl (C=O) groups is 1. The molecule has 1 aliphatic heterocycles. The SMILES string of the molecule is O=C(c1ccc2c(c1)CCN2)c1cccc2ncccc12. The minimum absolute atomic E-state index is 0.0586. The number of nitrogens with one attached hydrogen (secondary N) is 1. The number of ketones is 1. The van der Waals surface area contributed by atoms with Gasteiger partial charge in [-0.25, -0.2) is 0 Å². The number of pyridine rings is 1. The third-order valence-electron chi connectivity index (χ3n) is 3.97. The van der Waals surface area contributed by atoms with Gasteiger partial charge in [0.2, 0.25) is 0 Å². The Bertz CT molecular complexity index is 849. The molecule has 0 bridgehead atoms. The fraction of sp³-hybridized carbons (Fsp3) is 0.111. The predicted octanol–water partition coefficient (Wildman–Crippen LogP) is 3.43. The third-order valence-corrected chi connectivity index (χ3v) is 3.97. The van der Waals surface area contributed by atoms with E-state index in [9.17, 15) is 4.79 Å². The largest absolute Gasteiger partial charge is 0.384 e. The van der Waals surface area contributed by atoms with Crippen molar-refractivity contribution in [3.63, 3.8) is 0 Å². The molecule has 3 heteroatoms. The second kappa shape index (κ2) is 4.70. The molecular formula is C18H14N2O. The van der Waals surface area contributed by atoms with Gasteiger partial charge in [-0.1, -0.05) is 18.2 Å². The Labute approximate surface area is 122 Å². The first-order chi connectivity index (χ1) is 10.3. The topological polar surface area (TPSA) is 42.0 Å². The number of rotatable bonds is 2. The Balaban J connectivity index is 1.83. The van der Waals surface area contributed by atoms with Crippen molar-refractivity contribution in [1.29, 1.82) is 0 Å². The number of carbonyl (C=O) groups excluding carboxylic acids is 1. The zero-order valence-corrected chi connectivity index (χ0v) is 11.5. The van der Waals surface area contributed by atoms with Crippen molar-refractivity contribution in [3.05, 3.63) is 71.4 Å². The van der Waals surface area contributed by atoms with E-state index in [1.54, 1.807) is 6.20 Å². The Morgan fingerprint density at radius 1 is 1.10 bits per heavy atom. The van der Waals surface area contributed by atoms with Gasteiger partial charge in [-0.05, 0) is 42.3 Å². The summed E-state index contributed by atoms with van der Waals surface area (Å²) < 4.78 is 0. The van der Waals surface area contributed by atoms with Gasteiger partial charge >= 0.3 is 0 Å². The molecule has 2 heterocycles. The minimum Gasteiger partial charge on any atom is -0.384 e. The van der Waals surface area contributed by atoms with Crippen molar-refractivity contribution in [2.45, 2.75) is 6.42 Å². The Hall–Kier alpha value is -2.68. The molecule has 2 aromatic carbocycles. The number of anilines is 1. The number of fused-ring (bicyclic) bond motifs is 2. The first-order valence-corrected chi connectivity index (χ1v) is 7.08. The van der Waals surface area contributed by atoms with Crippen LogP contribution < -0.4 is 5.32 Å². The molecule has 3 nitrogen and oxygen atoms in total. The molecule has 0 saturated carbocycles. The zero-order chi connectivity index (χ0) is 14.2. The van der Waals surface area contributed by atoms with Gasteiger partial charge < -0.3 is 5.32 Å². The quantitative estimate of drug-likeness (QED) is 0.728. The number of hydrogen-bond donors (Lipinski definition) is 1. The van der Waals surface area contributed by atoms with E-state index in [0.717, 1.165) is 35.1 Å². The molecule has 4 rings (SSSR count). The highest BCUT2D eigenvalue weighted by Gasteiger charge is 2.16. The second-order valence-electron chi connectivity index (χ2n) is 5.25. The van der Waals surface area contributed by atoms with Crippen molar-refractivity contribution in [2.24, 2.45) is 0 Å². The van der Waals surface area contributed by atoms with Crippen LogP contribution in [0.15, 0.2) is 54.7 Å². The molecule has 0 saturated heterocycles. The van der Waals surface area contributed by atoms with E-state index in [4.69, 9.17) is 0 Å². The van der Waals surface area contributed by atoms with Gasteiger partial charge in [0.05, 0.1) is 5.52 Å². The van der Waals surface area contributed by atoms with Gasteiger partial charge in [0.25, 0.3) is 0 Å². The van der Waals surface area contributed by atoms with Gasteiger partial charge in [-0.2, -0.15) is 0 Å². The van der Waals surface area contributed by atoms with E-state index in [0.29, 0.717) is 5.56 Å². The first kappa shape index (κ1) is 12.1. The standard InChI is InChI=1S/C18H14N2O/c21-18(13-6-7-16-12(11-13)8-10-20-16)15-3-1-5-17-14(15)4-2-9-19-17/h1-7,9,11,20H,8,10H2. The first-order valence-electron chi connectivity index (χ1n) is 7.08. The molecule has 1 N–H and O–H groups in total. The van der Waals surface area contributed by atoms with Crippen LogP contribution in [0.2, 0.25) is 0 Å². The van der Waals surface area contributed by atoms with Crippen LogP contribution in [0, 0.1) is 0 Å². The third kappa shape index (κ3) is 1.98. The lowest BCUT2D eigenvalue weighted by molar-refractivity contribution is 0.104. The van der Waals surface area contributed by atoms with Gasteiger partial charge in [-0.15, -0.1) is 0 Å². The molecule has 0 atom stereocenters. The van der Waals surface area contributed by atoms with Crippen molar-refractivity contribution in [3.8, 4) is 0 Å². The fourth-order valence-corrected chi connectivity index (χ4v) is 2.90. The van der Waals surface area contributed by atoms with Crippen LogP contribution in [0.4, 0.5) is 5.69 Å². The molecular weight excluding hydrogens is 260 g/mol. The Morgan fingerprint density at radius 3 is 3.00 bits per heavy atom. The maximum Gasteiger partial charge on any atom is 0.193 e. The predicted molar refractivity (Wildman–Crippen MR) is 83.8 cm³/mol. The number of nitrogens with zero attached hydrogens (tertiary/aromatic N) is 1. The van der Waals surface area contributed by atoms with Crippen LogP contribution in [0.1, 0.15) is 21.5 Å². The Kier molecular flexibility index (Phi) is 2.71. The van der Waals surface area contributed by atoms with Crippen LogP contribution in [-0.2, 0) is 6.42 Å². The van der Waals surface area contributed by atoms with E-state index in [1.807, 2.05) is 48.5 Å². The lowest BCUT2D eigenvalue weighted by Crippen LogP contribution is -2.03. The van der Waals surface area contributed by atoms with E-state index in [-0.39, 0.29) is 5.78 Å². The highest BCUT2D eigenvalue weighted by molar-refractivity contribution is 6.16. The smallest absolute Gasteiger partial charge is 0.193 e. The van der Waals surface area contributed by atoms with E-state index in [2.05, 4.69) is 10.3 Å². The average Bonchev–Trinajstić information content (AvgIpc) is 3.01. The minimum atomic E-state index is 0.0586. The molecule has 1 aliphatic rings. The summed E-state index contributed by atoms with van der Waals surface area (Å²) in [4.78, 5) is 17.1. The molecule has 21 heavy (non-hydrogen) atoms. The second-order valence-corrected chi connectivity index (χ2v) is 5.25. The zero-order valence-electron chi connectivity index (χ0n) is 11.5. The van der Waals surface area contributed by atoms with Crippen molar-refractivity contribution >= 4 is 22.4 Å². The van der Waals surface area contributed by atoms with Crippen molar-refractivity contribution in [1.82, 2.24) is 4.98 Å². The maximum atomic E-state index is 12.8. The molecule has 0 unspecified atom stereocenters. The molecule has 0 amide bonds. The van der Waals surface area contributed by atoms with E-state index < -0.39 is 0 Å². The average molecular weight is 274 g/mol. The summed E-state index contributed by atoms with van der Waals surface area (Å²) in [5, 5.41) is 4.22. The highest BCUT2D eigenvalue weighted by atomic mass is 16.1. The summed E-state index contributed by atoms with van der Waals surface area (Å²) in [6.07, 6.45) is 2.73. The van der Waals surface area contributed by atoms with Crippen LogP contribution >= 0.6 is 0 Å². The molecule has 0 aliphatic carbocycles. The summed E-state index contributed by atoms with van der Waals surface area (Å²) >= 11 is 0.